The van der Waals surface area contributed by atoms with E-state index in [1.54, 1.807) is 12.1 Å². The van der Waals surface area contributed by atoms with Gasteiger partial charge in [0.15, 0.2) is 0 Å². The van der Waals surface area contributed by atoms with E-state index in [4.69, 9.17) is 0 Å². The second-order valence-corrected chi connectivity index (χ2v) is 6.56. The minimum Gasteiger partial charge on any atom is -0.324 e. The number of anilines is 1. The lowest BCUT2D eigenvalue weighted by molar-refractivity contribution is -0.137. The fraction of sp³-hybridized carbons (Fsp3) is 0.190. The summed E-state index contributed by atoms with van der Waals surface area (Å²) in [6, 6.07) is 10.5. The lowest BCUT2D eigenvalue weighted by atomic mass is 10.1. The Morgan fingerprint density at radius 1 is 1.10 bits per heavy atom. The zero-order valence-electron chi connectivity index (χ0n) is 15.9. The van der Waals surface area contributed by atoms with E-state index in [1.807, 2.05) is 19.1 Å². The van der Waals surface area contributed by atoms with Crippen LogP contribution < -0.4 is 10.6 Å². The van der Waals surface area contributed by atoms with Crippen LogP contribution in [-0.4, -0.2) is 29.3 Å². The summed E-state index contributed by atoms with van der Waals surface area (Å²) in [5.41, 5.74) is 0.858. The molecule has 156 valence electrons. The highest BCUT2D eigenvalue weighted by Crippen LogP contribution is 2.29. The molecule has 0 aliphatic carbocycles. The van der Waals surface area contributed by atoms with Crippen molar-refractivity contribution in [2.75, 3.05) is 11.9 Å². The second-order valence-electron chi connectivity index (χ2n) is 6.56. The maximum absolute atomic E-state index is 12.6. The van der Waals surface area contributed by atoms with Crippen molar-refractivity contribution in [3.63, 3.8) is 0 Å². The Morgan fingerprint density at radius 2 is 1.77 bits per heavy atom. The predicted octanol–water partition coefficient (Wildman–Crippen LogP) is 3.80. The largest absolute Gasteiger partial charge is 0.416 e. The molecule has 0 spiro atoms. The third-order valence-electron chi connectivity index (χ3n) is 4.49. The molecule has 30 heavy (non-hydrogen) atoms. The number of para-hydroxylation sites is 1. The van der Waals surface area contributed by atoms with E-state index in [0.717, 1.165) is 22.6 Å². The van der Waals surface area contributed by atoms with Crippen molar-refractivity contribution in [3.05, 3.63) is 70.9 Å². The van der Waals surface area contributed by atoms with Gasteiger partial charge in [0.1, 0.15) is 12.2 Å². The Hall–Kier alpha value is -3.62. The summed E-state index contributed by atoms with van der Waals surface area (Å²) < 4.78 is 37.9. The third kappa shape index (κ3) is 4.68. The topological polar surface area (TPSA) is 78.5 Å². The van der Waals surface area contributed by atoms with Crippen molar-refractivity contribution in [2.45, 2.75) is 19.5 Å². The highest BCUT2D eigenvalue weighted by atomic mass is 19.4. The molecule has 0 bridgehead atoms. The maximum Gasteiger partial charge on any atom is 0.416 e. The van der Waals surface area contributed by atoms with E-state index in [1.165, 1.54) is 18.2 Å². The normalized spacial score (nSPS) is 15.5. The molecule has 1 aliphatic rings. The number of benzene rings is 2. The number of aryl methyl sites for hydroxylation is 1. The molecule has 3 rings (SSSR count). The van der Waals surface area contributed by atoms with Crippen LogP contribution in [0.2, 0.25) is 0 Å². The highest BCUT2D eigenvalue weighted by Gasteiger charge is 2.35. The number of nitrogens with zero attached hydrogens (tertiary/aromatic N) is 1. The highest BCUT2D eigenvalue weighted by molar-refractivity contribution is 6.15. The Kier molecular flexibility index (Phi) is 5.91. The third-order valence-corrected chi connectivity index (χ3v) is 4.49. The van der Waals surface area contributed by atoms with Gasteiger partial charge in [-0.3, -0.25) is 9.59 Å². The molecule has 6 nitrogen and oxygen atoms in total. The summed E-state index contributed by atoms with van der Waals surface area (Å²) in [5, 5.41) is 5.01. The van der Waals surface area contributed by atoms with Crippen LogP contribution in [0.5, 0.6) is 0 Å². The molecule has 0 aromatic heterocycles. The molecule has 4 amide bonds. The summed E-state index contributed by atoms with van der Waals surface area (Å²) in [6.45, 7) is 1.44. The zero-order chi connectivity index (χ0) is 21.9. The lowest BCUT2D eigenvalue weighted by Crippen LogP contribution is -2.38. The van der Waals surface area contributed by atoms with Crippen LogP contribution in [0.15, 0.2) is 54.2 Å². The SMILES string of the molecule is CCc1ccccc1NC(=O)CN1C(=O)N/C(=C/c2ccc(C(F)(F)F)cc2)C1=O. The quantitative estimate of drug-likeness (QED) is 0.574. The van der Waals surface area contributed by atoms with Crippen LogP contribution in [0.1, 0.15) is 23.6 Å². The lowest BCUT2D eigenvalue weighted by Gasteiger charge is -2.13. The van der Waals surface area contributed by atoms with Gasteiger partial charge in [-0.1, -0.05) is 37.3 Å². The molecule has 0 atom stereocenters. The number of alkyl halides is 3. The summed E-state index contributed by atoms with van der Waals surface area (Å²) in [4.78, 5) is 37.6. The number of urea groups is 1. The van der Waals surface area contributed by atoms with Crippen LogP contribution in [0.25, 0.3) is 6.08 Å². The van der Waals surface area contributed by atoms with Gasteiger partial charge in [0.25, 0.3) is 5.91 Å². The first-order chi connectivity index (χ1) is 14.2. The van der Waals surface area contributed by atoms with E-state index in [9.17, 15) is 27.6 Å². The molecule has 2 aromatic carbocycles. The Labute approximate surface area is 170 Å². The van der Waals surface area contributed by atoms with Gasteiger partial charge in [-0.05, 0) is 41.8 Å². The van der Waals surface area contributed by atoms with Crippen molar-refractivity contribution in [1.82, 2.24) is 10.2 Å². The summed E-state index contributed by atoms with van der Waals surface area (Å²) in [6.07, 6.45) is -2.52. The number of hydrogen-bond acceptors (Lipinski definition) is 3. The van der Waals surface area contributed by atoms with E-state index in [0.29, 0.717) is 17.7 Å². The van der Waals surface area contributed by atoms with Gasteiger partial charge in [-0.2, -0.15) is 13.2 Å². The first-order valence-electron chi connectivity index (χ1n) is 9.08. The number of carbonyl (C=O) groups is 3. The van der Waals surface area contributed by atoms with Gasteiger partial charge in [0.2, 0.25) is 5.91 Å². The van der Waals surface area contributed by atoms with E-state index < -0.39 is 36.1 Å². The summed E-state index contributed by atoms with van der Waals surface area (Å²) >= 11 is 0. The first-order valence-corrected chi connectivity index (χ1v) is 9.08. The van der Waals surface area contributed by atoms with Crippen LogP contribution in [0, 0.1) is 0 Å². The predicted molar refractivity (Wildman–Crippen MR) is 104 cm³/mol. The average Bonchev–Trinajstić information content (AvgIpc) is 2.95. The molecule has 2 N–H and O–H groups in total. The number of halogens is 3. The van der Waals surface area contributed by atoms with Gasteiger partial charge in [0, 0.05) is 5.69 Å². The molecule has 1 fully saturated rings. The van der Waals surface area contributed by atoms with Crippen LogP contribution in [0.3, 0.4) is 0 Å². The minimum atomic E-state index is -4.47. The Morgan fingerprint density at radius 3 is 2.40 bits per heavy atom. The number of imide groups is 1. The number of rotatable bonds is 5. The molecule has 2 aromatic rings. The fourth-order valence-electron chi connectivity index (χ4n) is 2.93. The fourth-order valence-corrected chi connectivity index (χ4v) is 2.93. The van der Waals surface area contributed by atoms with Crippen LogP contribution >= 0.6 is 0 Å². The molecular weight excluding hydrogens is 399 g/mol. The van der Waals surface area contributed by atoms with E-state index in [-0.39, 0.29) is 5.70 Å². The molecule has 1 heterocycles. The summed E-state index contributed by atoms with van der Waals surface area (Å²) in [7, 11) is 0. The van der Waals surface area contributed by atoms with Crippen molar-refractivity contribution in [2.24, 2.45) is 0 Å². The van der Waals surface area contributed by atoms with Crippen LogP contribution in [-0.2, 0) is 22.2 Å². The second kappa shape index (κ2) is 8.40. The molecule has 0 saturated carbocycles. The summed E-state index contributed by atoms with van der Waals surface area (Å²) in [5.74, 6) is -1.28. The van der Waals surface area contributed by atoms with E-state index in [2.05, 4.69) is 10.6 Å². The monoisotopic (exact) mass is 417 g/mol. The first kappa shape index (κ1) is 21.1. The van der Waals surface area contributed by atoms with E-state index >= 15 is 0 Å². The van der Waals surface area contributed by atoms with Gasteiger partial charge in [-0.25, -0.2) is 9.69 Å². The number of amides is 4. The minimum absolute atomic E-state index is 0.124. The van der Waals surface area contributed by atoms with Gasteiger partial charge >= 0.3 is 12.2 Å². The van der Waals surface area contributed by atoms with Crippen molar-refractivity contribution >= 4 is 29.6 Å². The molecule has 0 unspecified atom stereocenters. The zero-order valence-corrected chi connectivity index (χ0v) is 15.9. The number of nitrogens with one attached hydrogen (secondary N) is 2. The number of hydrogen-bond donors (Lipinski definition) is 2. The standard InChI is InChI=1S/C21H18F3N3O3/c1-2-14-5-3-4-6-16(14)25-18(28)12-27-19(29)17(26-20(27)30)11-13-7-9-15(10-8-13)21(22,23)24/h3-11H,2,12H2,1H3,(H,25,28)(H,26,30)/b17-11+. The molecule has 1 aliphatic heterocycles. The van der Waals surface area contributed by atoms with Crippen molar-refractivity contribution in [3.8, 4) is 0 Å². The van der Waals surface area contributed by atoms with Gasteiger partial charge < -0.3 is 10.6 Å². The van der Waals surface area contributed by atoms with Gasteiger partial charge in [-0.15, -0.1) is 0 Å². The maximum atomic E-state index is 12.6. The average molecular weight is 417 g/mol. The number of carbonyl (C=O) groups excluding carboxylic acids is 3. The van der Waals surface area contributed by atoms with Crippen molar-refractivity contribution < 1.29 is 27.6 Å². The van der Waals surface area contributed by atoms with Gasteiger partial charge in [0.05, 0.1) is 5.56 Å². The van der Waals surface area contributed by atoms with Crippen molar-refractivity contribution in [1.29, 1.82) is 0 Å². The molecule has 1 saturated heterocycles. The molecule has 0 radical (unpaired) electrons. The molecule has 9 heteroatoms. The molecular formula is C21H18F3N3O3. The smallest absolute Gasteiger partial charge is 0.324 e. The Balaban J connectivity index is 1.70. The Bertz CT molecular complexity index is 1010. The van der Waals surface area contributed by atoms with Crippen LogP contribution in [0.4, 0.5) is 23.7 Å².